The number of unbranched alkanes of at least 4 members (excludes halogenated alkanes) is 2. The van der Waals surface area contributed by atoms with Crippen LogP contribution in [0.4, 0.5) is 11.5 Å². The quantitative estimate of drug-likeness (QED) is 0.300. The third-order valence-corrected chi connectivity index (χ3v) is 7.86. The van der Waals surface area contributed by atoms with Gasteiger partial charge in [0, 0.05) is 24.2 Å². The molecule has 2 heterocycles. The van der Waals surface area contributed by atoms with Crippen LogP contribution < -0.4 is 4.90 Å². The molecule has 178 valence electrons. The molecule has 0 radical (unpaired) electrons. The van der Waals surface area contributed by atoms with Crippen molar-refractivity contribution in [1.82, 2.24) is 9.97 Å². The summed E-state index contributed by atoms with van der Waals surface area (Å²) in [4.78, 5) is 16.3. The van der Waals surface area contributed by atoms with E-state index in [2.05, 4.69) is 28.7 Å². The van der Waals surface area contributed by atoms with Crippen LogP contribution in [-0.4, -0.2) is 37.2 Å². The Kier molecular flexibility index (Phi) is 7.12. The number of hydrogen-bond acceptors (Lipinski definition) is 6. The van der Waals surface area contributed by atoms with Crippen LogP contribution in [0.3, 0.4) is 0 Å². The highest BCUT2D eigenvalue weighted by atomic mass is 32.2. The molecule has 0 bridgehead atoms. The number of aliphatic imine (C=N–C) groups is 1. The highest BCUT2D eigenvalue weighted by Gasteiger charge is 2.34. The predicted octanol–water partition coefficient (Wildman–Crippen LogP) is 5.82. The van der Waals surface area contributed by atoms with Crippen molar-refractivity contribution in [3.63, 3.8) is 0 Å². The molecule has 0 fully saturated rings. The molecular formula is C27H32N4O2S. The van der Waals surface area contributed by atoms with Gasteiger partial charge in [-0.3, -0.25) is 0 Å². The Balaban J connectivity index is 2.02. The fourth-order valence-electron chi connectivity index (χ4n) is 4.17. The first kappa shape index (κ1) is 24.1. The predicted molar refractivity (Wildman–Crippen MR) is 137 cm³/mol. The second-order valence-electron chi connectivity index (χ2n) is 8.87. The molecule has 0 saturated heterocycles. The summed E-state index contributed by atoms with van der Waals surface area (Å²) in [5, 5.41) is -0.0253. The van der Waals surface area contributed by atoms with Gasteiger partial charge in [-0.15, -0.1) is 0 Å². The lowest BCUT2D eigenvalue weighted by Gasteiger charge is -2.25. The van der Waals surface area contributed by atoms with E-state index in [9.17, 15) is 8.42 Å². The molecule has 0 saturated carbocycles. The van der Waals surface area contributed by atoms with Gasteiger partial charge >= 0.3 is 0 Å². The third-order valence-electron chi connectivity index (χ3n) is 6.11. The van der Waals surface area contributed by atoms with E-state index in [1.807, 2.05) is 50.2 Å². The molecule has 3 aromatic rings. The van der Waals surface area contributed by atoms with Gasteiger partial charge in [-0.1, -0.05) is 68.1 Å². The largest absolute Gasteiger partial charge is 0.355 e. The molecule has 7 heteroatoms. The first-order chi connectivity index (χ1) is 16.4. The van der Waals surface area contributed by atoms with E-state index < -0.39 is 9.84 Å². The lowest BCUT2D eigenvalue weighted by atomic mass is 9.99. The summed E-state index contributed by atoms with van der Waals surface area (Å²) in [6, 6.07) is 13.4. The van der Waals surface area contributed by atoms with Crippen LogP contribution in [0.15, 0.2) is 63.7 Å². The lowest BCUT2D eigenvalue weighted by molar-refractivity contribution is 0.592. The summed E-state index contributed by atoms with van der Waals surface area (Å²) < 4.78 is 27.8. The van der Waals surface area contributed by atoms with E-state index in [1.165, 1.54) is 6.33 Å². The number of aryl methyl sites for hydroxylation is 2. The zero-order chi connectivity index (χ0) is 24.3. The first-order valence-electron chi connectivity index (χ1n) is 12.0. The van der Waals surface area contributed by atoms with Gasteiger partial charge in [0.05, 0.1) is 10.6 Å². The van der Waals surface area contributed by atoms with Gasteiger partial charge in [-0.05, 0) is 38.8 Å². The van der Waals surface area contributed by atoms with E-state index in [-0.39, 0.29) is 9.92 Å². The fraction of sp³-hybridized carbons (Fsp3) is 0.370. The van der Waals surface area contributed by atoms with Crippen molar-refractivity contribution in [3.8, 4) is 0 Å². The number of nitrogens with zero attached hydrogens (tertiary/aromatic N) is 4. The standard InChI is InChI=1S/C27H32N4O2S/c1-5-7-15-31(16-8-6-2)26-25-27(29-18-28-26)34(32,33)23-14-11-20(4)17-22(23)24(30-25)21-12-9-19(3)10-13-21/h9-14,17-18H,5-8,15-16H2,1-4H3. The molecule has 1 aliphatic heterocycles. The minimum absolute atomic E-state index is 0.0253. The highest BCUT2D eigenvalue weighted by molar-refractivity contribution is 7.91. The minimum Gasteiger partial charge on any atom is -0.355 e. The molecule has 0 atom stereocenters. The van der Waals surface area contributed by atoms with Crippen molar-refractivity contribution >= 4 is 27.1 Å². The Hall–Kier alpha value is -3.06. The second-order valence-corrected chi connectivity index (χ2v) is 10.7. The van der Waals surface area contributed by atoms with Crippen LogP contribution in [0.25, 0.3) is 0 Å². The van der Waals surface area contributed by atoms with Crippen molar-refractivity contribution in [3.05, 3.63) is 71.0 Å². The maximum atomic E-state index is 13.9. The van der Waals surface area contributed by atoms with Crippen molar-refractivity contribution in [2.75, 3.05) is 18.0 Å². The van der Waals surface area contributed by atoms with Crippen molar-refractivity contribution in [1.29, 1.82) is 0 Å². The summed E-state index contributed by atoms with van der Waals surface area (Å²) in [5.41, 5.74) is 4.52. The number of rotatable bonds is 8. The van der Waals surface area contributed by atoms with E-state index in [1.54, 1.807) is 6.07 Å². The van der Waals surface area contributed by atoms with E-state index >= 15 is 0 Å². The van der Waals surface area contributed by atoms with Crippen LogP contribution in [-0.2, 0) is 9.84 Å². The zero-order valence-electron chi connectivity index (χ0n) is 20.4. The molecule has 6 nitrogen and oxygen atoms in total. The molecule has 0 spiro atoms. The van der Waals surface area contributed by atoms with Gasteiger partial charge in [-0.25, -0.2) is 23.4 Å². The van der Waals surface area contributed by atoms with Crippen LogP contribution in [0.1, 0.15) is 61.8 Å². The Morgan fingerprint density at radius 3 is 2.15 bits per heavy atom. The average molecular weight is 477 g/mol. The van der Waals surface area contributed by atoms with Gasteiger partial charge in [0.15, 0.2) is 10.8 Å². The molecular weight excluding hydrogens is 444 g/mol. The molecule has 4 rings (SSSR count). The number of aromatic nitrogens is 2. The van der Waals surface area contributed by atoms with Gasteiger partial charge in [0.1, 0.15) is 12.0 Å². The topological polar surface area (TPSA) is 75.5 Å². The molecule has 0 unspecified atom stereocenters. The van der Waals surface area contributed by atoms with Gasteiger partial charge in [0.2, 0.25) is 9.84 Å². The highest BCUT2D eigenvalue weighted by Crippen LogP contribution is 2.40. The Labute approximate surface area is 202 Å². The molecule has 1 aliphatic rings. The fourth-order valence-corrected chi connectivity index (χ4v) is 5.65. The number of sulfone groups is 1. The van der Waals surface area contributed by atoms with Crippen molar-refractivity contribution in [2.45, 2.75) is 63.3 Å². The number of benzene rings is 2. The van der Waals surface area contributed by atoms with Gasteiger partial charge < -0.3 is 4.90 Å². The summed E-state index contributed by atoms with van der Waals surface area (Å²) >= 11 is 0. The van der Waals surface area contributed by atoms with Crippen LogP contribution in [0.5, 0.6) is 0 Å². The summed E-state index contributed by atoms with van der Waals surface area (Å²) in [5.74, 6) is 0.588. The van der Waals surface area contributed by atoms with E-state index in [0.717, 1.165) is 55.5 Å². The van der Waals surface area contributed by atoms with Gasteiger partial charge in [-0.2, -0.15) is 0 Å². The third kappa shape index (κ3) is 4.62. The normalized spacial score (nSPS) is 14.1. The lowest BCUT2D eigenvalue weighted by Crippen LogP contribution is -2.27. The molecule has 0 aliphatic carbocycles. The molecule has 0 amide bonds. The van der Waals surface area contributed by atoms with Crippen molar-refractivity contribution in [2.24, 2.45) is 4.99 Å². The Morgan fingerprint density at radius 2 is 1.50 bits per heavy atom. The SMILES string of the molecule is CCCCN(CCCC)c1ncnc2c1N=C(c1ccc(C)cc1)c1cc(C)ccc1S2(=O)=O. The summed E-state index contributed by atoms with van der Waals surface area (Å²) in [6.45, 7) is 9.87. The summed E-state index contributed by atoms with van der Waals surface area (Å²) in [7, 11) is -3.89. The Morgan fingerprint density at radius 1 is 0.853 bits per heavy atom. The second kappa shape index (κ2) is 10.1. The number of anilines is 1. The first-order valence-corrected chi connectivity index (χ1v) is 13.5. The van der Waals surface area contributed by atoms with Crippen LogP contribution >= 0.6 is 0 Å². The number of fused-ring (bicyclic) bond motifs is 2. The average Bonchev–Trinajstić information content (AvgIpc) is 2.92. The zero-order valence-corrected chi connectivity index (χ0v) is 21.2. The van der Waals surface area contributed by atoms with E-state index in [0.29, 0.717) is 22.8 Å². The molecule has 34 heavy (non-hydrogen) atoms. The minimum atomic E-state index is -3.89. The van der Waals surface area contributed by atoms with Crippen molar-refractivity contribution < 1.29 is 8.42 Å². The number of hydrogen-bond donors (Lipinski definition) is 0. The van der Waals surface area contributed by atoms with Crippen LogP contribution in [0.2, 0.25) is 0 Å². The molecule has 1 aromatic heterocycles. The van der Waals surface area contributed by atoms with Gasteiger partial charge in [0.25, 0.3) is 0 Å². The molecule has 0 N–H and O–H groups in total. The van der Waals surface area contributed by atoms with Crippen LogP contribution in [0, 0.1) is 13.8 Å². The molecule has 2 aromatic carbocycles. The Bertz CT molecular complexity index is 1310. The maximum Gasteiger partial charge on any atom is 0.226 e. The maximum absolute atomic E-state index is 13.9. The smallest absolute Gasteiger partial charge is 0.226 e. The van der Waals surface area contributed by atoms with E-state index in [4.69, 9.17) is 4.99 Å². The monoisotopic (exact) mass is 476 g/mol. The summed E-state index contributed by atoms with van der Waals surface area (Å²) in [6.07, 6.45) is 5.41.